The average molecular weight is 345 g/mol. The number of hydrogen-bond acceptors (Lipinski definition) is 5. The van der Waals surface area contributed by atoms with Crippen molar-refractivity contribution in [1.82, 2.24) is 0 Å². The van der Waals surface area contributed by atoms with Crippen LogP contribution < -0.4 is 10.0 Å². The van der Waals surface area contributed by atoms with Gasteiger partial charge in [0.1, 0.15) is 0 Å². The highest BCUT2D eigenvalue weighted by atomic mass is 32.2. The maximum absolute atomic E-state index is 14.3. The third kappa shape index (κ3) is 6.54. The molecule has 0 aliphatic heterocycles. The molecule has 0 radical (unpaired) electrons. The molecule has 1 rings (SSSR count). The highest BCUT2D eigenvalue weighted by Gasteiger charge is 2.16. The van der Waals surface area contributed by atoms with Gasteiger partial charge < -0.3 is 19.3 Å². The molecular formula is C15H22FN2O4S-. The number of anilines is 2. The number of carbonyl (C=O) groups excluding carboxylic acids is 1. The van der Waals surface area contributed by atoms with Gasteiger partial charge in [0.15, 0.2) is 5.82 Å². The van der Waals surface area contributed by atoms with Gasteiger partial charge in [-0.15, -0.1) is 0 Å². The van der Waals surface area contributed by atoms with Gasteiger partial charge in [-0.3, -0.25) is 4.21 Å². The maximum Gasteiger partial charge on any atom is 0.338 e. The van der Waals surface area contributed by atoms with Crippen molar-refractivity contribution in [2.45, 2.75) is 39.5 Å². The molecule has 23 heavy (non-hydrogen) atoms. The van der Waals surface area contributed by atoms with E-state index in [1.54, 1.807) is 0 Å². The van der Waals surface area contributed by atoms with E-state index in [-0.39, 0.29) is 23.5 Å². The van der Waals surface area contributed by atoms with E-state index in [9.17, 15) is 17.9 Å². The van der Waals surface area contributed by atoms with E-state index in [4.69, 9.17) is 4.74 Å². The summed E-state index contributed by atoms with van der Waals surface area (Å²) in [6.07, 6.45) is 3.34. The molecule has 0 aliphatic carbocycles. The summed E-state index contributed by atoms with van der Waals surface area (Å²) in [6, 6.07) is 2.46. The number of ether oxygens (including phenoxy) is 1. The van der Waals surface area contributed by atoms with Crippen molar-refractivity contribution in [1.29, 1.82) is 0 Å². The average Bonchev–Trinajstić information content (AvgIpc) is 2.50. The van der Waals surface area contributed by atoms with E-state index >= 15 is 0 Å². The number of nitrogens with one attached hydrogen (secondary N) is 2. The predicted octanol–water partition coefficient (Wildman–Crippen LogP) is 3.20. The molecule has 0 fully saturated rings. The molecule has 1 aromatic rings. The highest BCUT2D eigenvalue weighted by molar-refractivity contribution is 7.80. The standard InChI is InChI=1S/C15H23FN2O4S/c1-3-5-7-17-12-9-11(15(19)22-8-6-4-2)10-13(14(12)16)18-23(20)21/h9-10,17-18H,3-8H2,1-2H3,(H,20,21)/p-1. The van der Waals surface area contributed by atoms with Gasteiger partial charge >= 0.3 is 5.97 Å². The van der Waals surface area contributed by atoms with Gasteiger partial charge in [-0.05, 0) is 25.0 Å². The lowest BCUT2D eigenvalue weighted by Gasteiger charge is -2.15. The molecule has 1 atom stereocenters. The van der Waals surface area contributed by atoms with E-state index in [0.717, 1.165) is 31.7 Å². The van der Waals surface area contributed by atoms with Crippen molar-refractivity contribution in [3.63, 3.8) is 0 Å². The van der Waals surface area contributed by atoms with Gasteiger partial charge in [0.2, 0.25) is 0 Å². The molecule has 1 aromatic carbocycles. The fourth-order valence-corrected chi connectivity index (χ4v) is 2.16. The quantitative estimate of drug-likeness (QED) is 0.386. The number of unbranched alkanes of at least 4 members (excludes halogenated alkanes) is 2. The molecule has 6 nitrogen and oxygen atoms in total. The van der Waals surface area contributed by atoms with Crippen LogP contribution >= 0.6 is 0 Å². The molecule has 0 spiro atoms. The number of esters is 1. The summed E-state index contributed by atoms with van der Waals surface area (Å²) < 4.78 is 42.8. The van der Waals surface area contributed by atoms with Crippen LogP contribution in [0.4, 0.5) is 15.8 Å². The zero-order chi connectivity index (χ0) is 17.2. The minimum Gasteiger partial charge on any atom is -0.755 e. The summed E-state index contributed by atoms with van der Waals surface area (Å²) in [6.45, 7) is 4.74. The topological polar surface area (TPSA) is 90.5 Å². The van der Waals surface area contributed by atoms with Crippen LogP contribution in [0.15, 0.2) is 12.1 Å². The monoisotopic (exact) mass is 345 g/mol. The predicted molar refractivity (Wildman–Crippen MR) is 87.5 cm³/mol. The van der Waals surface area contributed by atoms with E-state index in [1.165, 1.54) is 6.07 Å². The van der Waals surface area contributed by atoms with Crippen molar-refractivity contribution in [3.8, 4) is 0 Å². The lowest BCUT2D eigenvalue weighted by Crippen LogP contribution is -2.12. The smallest absolute Gasteiger partial charge is 0.338 e. The van der Waals surface area contributed by atoms with Crippen molar-refractivity contribution >= 4 is 28.6 Å². The molecule has 8 heteroatoms. The molecule has 0 bridgehead atoms. The van der Waals surface area contributed by atoms with Gasteiger partial charge in [-0.2, -0.15) is 0 Å². The molecule has 0 heterocycles. The summed E-state index contributed by atoms with van der Waals surface area (Å²) in [5, 5.41) is 2.87. The Kier molecular flexibility index (Phi) is 8.57. The fraction of sp³-hybridized carbons (Fsp3) is 0.533. The Hall–Kier alpha value is -1.67. The minimum atomic E-state index is -2.69. The Morgan fingerprint density at radius 1 is 1.26 bits per heavy atom. The second-order valence-electron chi connectivity index (χ2n) is 4.99. The Morgan fingerprint density at radius 3 is 2.52 bits per heavy atom. The van der Waals surface area contributed by atoms with Crippen LogP contribution in [-0.4, -0.2) is 27.9 Å². The van der Waals surface area contributed by atoms with Gasteiger partial charge in [-0.25, -0.2) is 9.18 Å². The Bertz CT molecular complexity index is 555. The number of benzene rings is 1. The molecule has 0 saturated heterocycles. The number of halogens is 1. The molecule has 1 unspecified atom stereocenters. The summed E-state index contributed by atoms with van der Waals surface area (Å²) in [4.78, 5) is 12.0. The Labute approximate surface area is 138 Å². The van der Waals surface area contributed by atoms with Crippen molar-refractivity contribution < 1.29 is 22.7 Å². The Morgan fingerprint density at radius 2 is 1.91 bits per heavy atom. The molecular weight excluding hydrogens is 323 g/mol. The van der Waals surface area contributed by atoms with Crippen LogP contribution in [-0.2, 0) is 16.0 Å². The largest absolute Gasteiger partial charge is 0.755 e. The van der Waals surface area contributed by atoms with Crippen molar-refractivity contribution in [2.75, 3.05) is 23.2 Å². The van der Waals surface area contributed by atoms with E-state index in [2.05, 4.69) is 5.32 Å². The number of hydrogen-bond donors (Lipinski definition) is 2. The van der Waals surface area contributed by atoms with E-state index in [0.29, 0.717) is 6.54 Å². The van der Waals surface area contributed by atoms with E-state index < -0.39 is 23.1 Å². The number of carbonyl (C=O) groups is 1. The lowest BCUT2D eigenvalue weighted by atomic mass is 10.1. The first-order valence-corrected chi connectivity index (χ1v) is 8.67. The van der Waals surface area contributed by atoms with E-state index in [1.807, 2.05) is 18.6 Å². The molecule has 0 amide bonds. The van der Waals surface area contributed by atoms with Crippen LogP contribution in [0.3, 0.4) is 0 Å². The van der Waals surface area contributed by atoms with Crippen LogP contribution in [0.25, 0.3) is 0 Å². The van der Waals surface area contributed by atoms with Crippen LogP contribution in [0.1, 0.15) is 49.9 Å². The lowest BCUT2D eigenvalue weighted by molar-refractivity contribution is 0.0500. The molecule has 0 saturated carbocycles. The van der Waals surface area contributed by atoms with Gasteiger partial charge in [-0.1, -0.05) is 26.7 Å². The highest BCUT2D eigenvalue weighted by Crippen LogP contribution is 2.26. The molecule has 0 aliphatic rings. The third-order valence-electron chi connectivity index (χ3n) is 3.08. The first kappa shape index (κ1) is 19.4. The zero-order valence-corrected chi connectivity index (χ0v) is 14.1. The minimum absolute atomic E-state index is 0.0661. The SMILES string of the molecule is CCCCNc1cc(C(=O)OCCCC)cc(NS(=O)[O-])c1F. The first-order chi connectivity index (χ1) is 11.0. The number of rotatable bonds is 10. The van der Waals surface area contributed by atoms with Crippen LogP contribution in [0.2, 0.25) is 0 Å². The van der Waals surface area contributed by atoms with Gasteiger partial charge in [0, 0.05) is 17.8 Å². The normalized spacial score (nSPS) is 11.8. The third-order valence-corrected chi connectivity index (χ3v) is 3.47. The fourth-order valence-electron chi connectivity index (χ4n) is 1.83. The van der Waals surface area contributed by atoms with Gasteiger partial charge in [0.05, 0.1) is 23.5 Å². The van der Waals surface area contributed by atoms with Crippen LogP contribution in [0, 0.1) is 5.82 Å². The molecule has 130 valence electrons. The molecule has 0 aromatic heterocycles. The van der Waals surface area contributed by atoms with Crippen molar-refractivity contribution in [2.24, 2.45) is 0 Å². The summed E-state index contributed by atoms with van der Waals surface area (Å²) in [5.41, 5.74) is -0.131. The second kappa shape index (κ2) is 10.2. The zero-order valence-electron chi connectivity index (χ0n) is 13.3. The van der Waals surface area contributed by atoms with Crippen LogP contribution in [0.5, 0.6) is 0 Å². The summed E-state index contributed by atoms with van der Waals surface area (Å²) >= 11 is -2.69. The maximum atomic E-state index is 14.3. The summed E-state index contributed by atoms with van der Waals surface area (Å²) in [7, 11) is 0. The second-order valence-corrected chi connectivity index (χ2v) is 5.67. The summed E-state index contributed by atoms with van der Waals surface area (Å²) in [5.74, 6) is -1.37. The van der Waals surface area contributed by atoms with Crippen molar-refractivity contribution in [3.05, 3.63) is 23.5 Å². The first-order valence-electron chi connectivity index (χ1n) is 7.60. The van der Waals surface area contributed by atoms with Gasteiger partial charge in [0.25, 0.3) is 0 Å². The molecule has 2 N–H and O–H groups in total. The Balaban J connectivity index is 3.01.